The van der Waals surface area contributed by atoms with Crippen LogP contribution in [0.2, 0.25) is 5.15 Å². The molecule has 5 nitrogen and oxygen atoms in total. The topological polar surface area (TPSA) is 36.7 Å². The molecule has 102 valence electrons. The molecule has 0 atom stereocenters. The molecule has 0 saturated carbocycles. The van der Waals surface area contributed by atoms with Gasteiger partial charge in [0, 0.05) is 39.1 Å². The second-order valence-electron chi connectivity index (χ2n) is 5.04. The third kappa shape index (κ3) is 2.88. The van der Waals surface area contributed by atoms with Crippen LogP contribution in [0.15, 0.2) is 18.2 Å². The molecule has 3 heterocycles. The number of halogens is 1. The van der Waals surface area contributed by atoms with E-state index >= 15 is 0 Å². The molecular formula is C13H18ClN5. The van der Waals surface area contributed by atoms with Gasteiger partial charge in [0.1, 0.15) is 5.15 Å². The lowest BCUT2D eigenvalue weighted by atomic mass is 10.3. The number of likely N-dealkylation sites (N-methyl/N-ethyl adjacent to an activating group) is 1. The van der Waals surface area contributed by atoms with Crippen LogP contribution < -0.4 is 0 Å². The summed E-state index contributed by atoms with van der Waals surface area (Å²) < 4.78 is 1.70. The molecule has 0 bridgehead atoms. The lowest BCUT2D eigenvalue weighted by Gasteiger charge is -2.31. The fourth-order valence-corrected chi connectivity index (χ4v) is 2.55. The summed E-state index contributed by atoms with van der Waals surface area (Å²) in [5.74, 6) is 0.868. The van der Waals surface area contributed by atoms with Crippen molar-refractivity contribution in [2.75, 3.05) is 39.8 Å². The van der Waals surface area contributed by atoms with Crippen molar-refractivity contribution in [3.63, 3.8) is 0 Å². The van der Waals surface area contributed by atoms with Crippen LogP contribution >= 0.6 is 11.6 Å². The molecule has 2 aromatic rings. The first-order valence-corrected chi connectivity index (χ1v) is 7.01. The van der Waals surface area contributed by atoms with Gasteiger partial charge in [0.05, 0.1) is 0 Å². The molecule has 1 aliphatic rings. The number of pyridine rings is 1. The summed E-state index contributed by atoms with van der Waals surface area (Å²) in [6.45, 7) is 5.56. The number of piperazine rings is 1. The standard InChI is InChI=1S/C13H18ClN5/c1-17-7-9-18(10-8-17)6-5-12-15-13-4-2-3-11(14)19(13)16-12/h2-4H,5-10H2,1H3. The first kappa shape index (κ1) is 12.8. The van der Waals surface area contributed by atoms with Crippen molar-refractivity contribution in [2.24, 2.45) is 0 Å². The molecule has 0 amide bonds. The highest BCUT2D eigenvalue weighted by atomic mass is 35.5. The Hall–Kier alpha value is -1.17. The summed E-state index contributed by atoms with van der Waals surface area (Å²) in [4.78, 5) is 9.33. The summed E-state index contributed by atoms with van der Waals surface area (Å²) >= 11 is 6.08. The fraction of sp³-hybridized carbons (Fsp3) is 0.538. The van der Waals surface area contributed by atoms with Gasteiger partial charge in [0.2, 0.25) is 0 Å². The smallest absolute Gasteiger partial charge is 0.157 e. The molecule has 1 aliphatic heterocycles. The van der Waals surface area contributed by atoms with Gasteiger partial charge in [0.15, 0.2) is 11.5 Å². The Labute approximate surface area is 117 Å². The van der Waals surface area contributed by atoms with E-state index in [-0.39, 0.29) is 0 Å². The van der Waals surface area contributed by atoms with Gasteiger partial charge in [-0.2, -0.15) is 0 Å². The average molecular weight is 280 g/mol. The first-order valence-electron chi connectivity index (χ1n) is 6.63. The molecule has 0 aliphatic carbocycles. The van der Waals surface area contributed by atoms with E-state index in [4.69, 9.17) is 11.6 Å². The van der Waals surface area contributed by atoms with E-state index in [2.05, 4.69) is 26.9 Å². The molecule has 0 N–H and O–H groups in total. The quantitative estimate of drug-likeness (QED) is 0.791. The van der Waals surface area contributed by atoms with Crippen molar-refractivity contribution in [1.82, 2.24) is 24.4 Å². The summed E-state index contributed by atoms with van der Waals surface area (Å²) in [6.07, 6.45) is 0.877. The maximum Gasteiger partial charge on any atom is 0.157 e. The Morgan fingerprint density at radius 2 is 2.00 bits per heavy atom. The van der Waals surface area contributed by atoms with Crippen molar-refractivity contribution in [3.8, 4) is 0 Å². The van der Waals surface area contributed by atoms with Crippen LogP contribution in [0, 0.1) is 0 Å². The monoisotopic (exact) mass is 279 g/mol. The van der Waals surface area contributed by atoms with E-state index in [0.717, 1.165) is 50.6 Å². The predicted octanol–water partition coefficient (Wildman–Crippen LogP) is 1.17. The lowest BCUT2D eigenvalue weighted by Crippen LogP contribution is -2.45. The highest BCUT2D eigenvalue weighted by Gasteiger charge is 2.14. The minimum absolute atomic E-state index is 0.607. The molecule has 19 heavy (non-hydrogen) atoms. The van der Waals surface area contributed by atoms with Crippen molar-refractivity contribution in [3.05, 3.63) is 29.2 Å². The maximum atomic E-state index is 6.08. The zero-order valence-electron chi connectivity index (χ0n) is 11.1. The highest BCUT2D eigenvalue weighted by molar-refractivity contribution is 6.29. The minimum atomic E-state index is 0.607. The molecule has 0 spiro atoms. The van der Waals surface area contributed by atoms with Gasteiger partial charge in [0.25, 0.3) is 0 Å². The average Bonchev–Trinajstić information content (AvgIpc) is 2.83. The third-order valence-electron chi connectivity index (χ3n) is 3.60. The molecular weight excluding hydrogens is 262 g/mol. The molecule has 3 rings (SSSR count). The van der Waals surface area contributed by atoms with Gasteiger partial charge in [-0.1, -0.05) is 17.7 Å². The van der Waals surface area contributed by atoms with E-state index in [1.807, 2.05) is 18.2 Å². The van der Waals surface area contributed by atoms with Crippen LogP contribution in [-0.4, -0.2) is 64.2 Å². The second-order valence-corrected chi connectivity index (χ2v) is 5.43. The molecule has 6 heteroatoms. The number of aromatic nitrogens is 3. The van der Waals surface area contributed by atoms with Gasteiger partial charge in [-0.05, 0) is 19.2 Å². The van der Waals surface area contributed by atoms with Crippen molar-refractivity contribution in [1.29, 1.82) is 0 Å². The van der Waals surface area contributed by atoms with Crippen molar-refractivity contribution < 1.29 is 0 Å². The van der Waals surface area contributed by atoms with E-state index in [1.54, 1.807) is 4.52 Å². The Morgan fingerprint density at radius 1 is 1.21 bits per heavy atom. The summed E-state index contributed by atoms with van der Waals surface area (Å²) in [7, 11) is 2.17. The Kier molecular flexibility index (Phi) is 3.68. The van der Waals surface area contributed by atoms with Crippen LogP contribution in [0.4, 0.5) is 0 Å². The number of hydrogen-bond donors (Lipinski definition) is 0. The summed E-state index contributed by atoms with van der Waals surface area (Å²) in [5.41, 5.74) is 0.820. The molecule has 0 radical (unpaired) electrons. The molecule has 2 aromatic heterocycles. The summed E-state index contributed by atoms with van der Waals surface area (Å²) in [5, 5.41) is 5.06. The normalized spacial score (nSPS) is 18.2. The largest absolute Gasteiger partial charge is 0.304 e. The molecule has 0 aromatic carbocycles. The molecule has 0 unspecified atom stereocenters. The Balaban J connectivity index is 1.64. The number of rotatable bonds is 3. The Bertz CT molecular complexity index is 559. The van der Waals surface area contributed by atoms with E-state index in [1.165, 1.54) is 0 Å². The summed E-state index contributed by atoms with van der Waals surface area (Å²) in [6, 6.07) is 5.66. The van der Waals surface area contributed by atoms with Gasteiger partial charge < -0.3 is 9.80 Å². The van der Waals surface area contributed by atoms with Crippen LogP contribution in [0.25, 0.3) is 5.65 Å². The van der Waals surface area contributed by atoms with E-state index in [0.29, 0.717) is 5.15 Å². The zero-order chi connectivity index (χ0) is 13.2. The number of fused-ring (bicyclic) bond motifs is 1. The SMILES string of the molecule is CN1CCN(CCc2nc3cccc(Cl)n3n2)CC1. The molecule has 1 saturated heterocycles. The van der Waals surface area contributed by atoms with Crippen LogP contribution in [0.5, 0.6) is 0 Å². The van der Waals surface area contributed by atoms with Gasteiger partial charge in [-0.25, -0.2) is 9.50 Å². The van der Waals surface area contributed by atoms with Gasteiger partial charge >= 0.3 is 0 Å². The van der Waals surface area contributed by atoms with Crippen LogP contribution in [0.1, 0.15) is 5.82 Å². The third-order valence-corrected chi connectivity index (χ3v) is 3.89. The van der Waals surface area contributed by atoms with Gasteiger partial charge in [-0.15, -0.1) is 5.10 Å². The molecule has 1 fully saturated rings. The first-order chi connectivity index (χ1) is 9.22. The highest BCUT2D eigenvalue weighted by Crippen LogP contribution is 2.11. The van der Waals surface area contributed by atoms with Crippen LogP contribution in [0.3, 0.4) is 0 Å². The predicted molar refractivity (Wildman–Crippen MR) is 75.6 cm³/mol. The number of nitrogens with zero attached hydrogens (tertiary/aromatic N) is 5. The second kappa shape index (κ2) is 5.45. The zero-order valence-corrected chi connectivity index (χ0v) is 11.8. The number of hydrogen-bond acceptors (Lipinski definition) is 4. The van der Waals surface area contributed by atoms with Crippen LogP contribution in [-0.2, 0) is 6.42 Å². The van der Waals surface area contributed by atoms with Crippen molar-refractivity contribution >= 4 is 17.2 Å². The van der Waals surface area contributed by atoms with E-state index < -0.39 is 0 Å². The van der Waals surface area contributed by atoms with Gasteiger partial charge in [-0.3, -0.25) is 0 Å². The fourth-order valence-electron chi connectivity index (χ4n) is 2.35. The minimum Gasteiger partial charge on any atom is -0.304 e. The van der Waals surface area contributed by atoms with Crippen molar-refractivity contribution in [2.45, 2.75) is 6.42 Å². The maximum absolute atomic E-state index is 6.08. The Morgan fingerprint density at radius 3 is 2.74 bits per heavy atom. The lowest BCUT2D eigenvalue weighted by molar-refractivity contribution is 0.155. The van der Waals surface area contributed by atoms with E-state index in [9.17, 15) is 0 Å².